The number of anilines is 1. The van der Waals surface area contributed by atoms with E-state index in [-0.39, 0.29) is 35.8 Å². The molecule has 1 saturated heterocycles. The van der Waals surface area contributed by atoms with Gasteiger partial charge in [-0.2, -0.15) is 4.31 Å². The molecule has 2 aromatic carbocycles. The molecule has 1 aromatic heterocycles. The van der Waals surface area contributed by atoms with Crippen molar-refractivity contribution in [2.75, 3.05) is 25.0 Å². The van der Waals surface area contributed by atoms with Gasteiger partial charge >= 0.3 is 6.01 Å². The molecule has 3 aromatic rings. The first kappa shape index (κ1) is 22.0. The molecular formula is C22H24N4O5S. The van der Waals surface area contributed by atoms with Crippen LogP contribution in [0.25, 0.3) is 11.5 Å². The van der Waals surface area contributed by atoms with Gasteiger partial charge in [-0.3, -0.25) is 10.1 Å². The Kier molecular flexibility index (Phi) is 6.52. The van der Waals surface area contributed by atoms with Gasteiger partial charge in [-0.25, -0.2) is 8.42 Å². The Morgan fingerprint density at radius 3 is 2.44 bits per heavy atom. The monoisotopic (exact) mass is 456 g/mol. The van der Waals surface area contributed by atoms with Gasteiger partial charge < -0.3 is 9.15 Å². The summed E-state index contributed by atoms with van der Waals surface area (Å²) in [5, 5.41) is 10.5. The zero-order chi connectivity index (χ0) is 22.6. The number of nitrogens with zero attached hydrogens (tertiary/aromatic N) is 3. The van der Waals surface area contributed by atoms with Crippen LogP contribution in [0.15, 0.2) is 63.9 Å². The summed E-state index contributed by atoms with van der Waals surface area (Å²) in [5.74, 6) is 0.343. The molecule has 1 fully saturated rings. The van der Waals surface area contributed by atoms with Crippen LogP contribution < -0.4 is 10.1 Å². The number of amides is 1. The molecule has 0 atom stereocenters. The third-order valence-electron chi connectivity index (χ3n) is 5.27. The number of carbonyl (C=O) groups excluding carboxylic acids is 1. The molecule has 168 valence electrons. The van der Waals surface area contributed by atoms with E-state index < -0.39 is 10.0 Å². The number of aromatic nitrogens is 2. The molecule has 1 aliphatic heterocycles. The Labute approximate surface area is 186 Å². The molecule has 1 amide bonds. The molecule has 32 heavy (non-hydrogen) atoms. The van der Waals surface area contributed by atoms with Crippen molar-refractivity contribution in [3.05, 3.63) is 54.6 Å². The maximum atomic E-state index is 12.9. The van der Waals surface area contributed by atoms with E-state index in [2.05, 4.69) is 15.5 Å². The first-order chi connectivity index (χ1) is 15.5. The molecule has 0 saturated carbocycles. The van der Waals surface area contributed by atoms with E-state index in [9.17, 15) is 13.2 Å². The Balaban J connectivity index is 1.34. The third kappa shape index (κ3) is 4.81. The van der Waals surface area contributed by atoms with Gasteiger partial charge in [0.15, 0.2) is 0 Å². The first-order valence-corrected chi connectivity index (χ1v) is 11.8. The minimum absolute atomic E-state index is 0.0262. The minimum Gasteiger partial charge on any atom is -0.494 e. The molecule has 1 aliphatic rings. The second-order valence-corrected chi connectivity index (χ2v) is 9.29. The molecule has 0 radical (unpaired) electrons. The van der Waals surface area contributed by atoms with Crippen LogP contribution in [0.4, 0.5) is 6.01 Å². The van der Waals surface area contributed by atoms with Crippen molar-refractivity contribution >= 4 is 21.9 Å². The van der Waals surface area contributed by atoms with Crippen LogP contribution in [0.2, 0.25) is 0 Å². The summed E-state index contributed by atoms with van der Waals surface area (Å²) in [7, 11) is -3.62. The lowest BCUT2D eigenvalue weighted by Gasteiger charge is -2.30. The fraction of sp³-hybridized carbons (Fsp3) is 0.318. The molecule has 9 nitrogen and oxygen atoms in total. The maximum Gasteiger partial charge on any atom is 0.322 e. The quantitative estimate of drug-likeness (QED) is 0.581. The molecule has 0 unspecified atom stereocenters. The highest BCUT2D eigenvalue weighted by atomic mass is 32.2. The molecule has 2 heterocycles. The predicted octanol–water partition coefficient (Wildman–Crippen LogP) is 3.17. The lowest BCUT2D eigenvalue weighted by atomic mass is 9.97. The first-order valence-electron chi connectivity index (χ1n) is 10.4. The summed E-state index contributed by atoms with van der Waals surface area (Å²) in [6.45, 7) is 2.89. The number of benzene rings is 2. The molecular weight excluding hydrogens is 432 g/mol. The largest absolute Gasteiger partial charge is 0.494 e. The average Bonchev–Trinajstić information content (AvgIpc) is 3.29. The van der Waals surface area contributed by atoms with Gasteiger partial charge in [-0.1, -0.05) is 23.3 Å². The van der Waals surface area contributed by atoms with Crippen molar-refractivity contribution in [3.8, 4) is 17.2 Å². The zero-order valence-corrected chi connectivity index (χ0v) is 18.4. The highest BCUT2D eigenvalue weighted by molar-refractivity contribution is 7.89. The van der Waals surface area contributed by atoms with Gasteiger partial charge in [0.25, 0.3) is 0 Å². The number of hydrogen-bond donors (Lipinski definition) is 1. The van der Waals surface area contributed by atoms with Crippen molar-refractivity contribution in [3.63, 3.8) is 0 Å². The van der Waals surface area contributed by atoms with E-state index in [1.165, 1.54) is 4.31 Å². The van der Waals surface area contributed by atoms with Crippen LogP contribution in [0, 0.1) is 5.92 Å². The van der Waals surface area contributed by atoms with Crippen molar-refractivity contribution in [2.24, 2.45) is 5.92 Å². The van der Waals surface area contributed by atoms with E-state index in [1.54, 1.807) is 24.3 Å². The van der Waals surface area contributed by atoms with Gasteiger partial charge in [0, 0.05) is 24.6 Å². The van der Waals surface area contributed by atoms with Crippen LogP contribution in [0.1, 0.15) is 19.8 Å². The number of hydrogen-bond acceptors (Lipinski definition) is 7. The standard InChI is InChI=1S/C22H24N4O5S/c1-2-30-18-8-10-19(11-9-18)32(28,29)26-14-12-16(13-15-26)20(27)23-22-25-24-21(31-22)17-6-4-3-5-7-17/h3-11,16H,2,12-15H2,1H3,(H,23,25,27). The van der Waals surface area contributed by atoms with Gasteiger partial charge in [0.1, 0.15) is 5.75 Å². The summed E-state index contributed by atoms with van der Waals surface area (Å²) in [6, 6.07) is 15.6. The van der Waals surface area contributed by atoms with E-state index in [0.29, 0.717) is 31.1 Å². The highest BCUT2D eigenvalue weighted by Gasteiger charge is 2.32. The highest BCUT2D eigenvalue weighted by Crippen LogP contribution is 2.26. The lowest BCUT2D eigenvalue weighted by molar-refractivity contribution is -0.121. The van der Waals surface area contributed by atoms with Gasteiger partial charge in [0.05, 0.1) is 11.5 Å². The number of sulfonamides is 1. The molecule has 10 heteroatoms. The van der Waals surface area contributed by atoms with Crippen molar-refractivity contribution < 1.29 is 22.4 Å². The number of rotatable bonds is 7. The molecule has 1 N–H and O–H groups in total. The van der Waals surface area contributed by atoms with E-state index in [0.717, 1.165) is 5.56 Å². The molecule has 0 spiro atoms. The Morgan fingerprint density at radius 1 is 1.09 bits per heavy atom. The number of carbonyl (C=O) groups is 1. The normalized spacial score (nSPS) is 15.4. The maximum absolute atomic E-state index is 12.9. The lowest BCUT2D eigenvalue weighted by Crippen LogP contribution is -2.41. The smallest absolute Gasteiger partial charge is 0.322 e. The summed E-state index contributed by atoms with van der Waals surface area (Å²) in [6.07, 6.45) is 0.809. The SMILES string of the molecule is CCOc1ccc(S(=O)(=O)N2CCC(C(=O)Nc3nnc(-c4ccccc4)o3)CC2)cc1. The molecule has 4 rings (SSSR count). The zero-order valence-electron chi connectivity index (χ0n) is 17.6. The van der Waals surface area contributed by atoms with Gasteiger partial charge in [-0.15, -0.1) is 5.10 Å². The average molecular weight is 457 g/mol. The van der Waals surface area contributed by atoms with E-state index in [1.807, 2.05) is 37.3 Å². The van der Waals surface area contributed by atoms with Crippen molar-refractivity contribution in [1.29, 1.82) is 0 Å². The van der Waals surface area contributed by atoms with Crippen molar-refractivity contribution in [1.82, 2.24) is 14.5 Å². The summed E-state index contributed by atoms with van der Waals surface area (Å²) < 4.78 is 38.1. The van der Waals surface area contributed by atoms with Gasteiger partial charge in [0.2, 0.25) is 21.8 Å². The molecule has 0 aliphatic carbocycles. The van der Waals surface area contributed by atoms with Crippen molar-refractivity contribution in [2.45, 2.75) is 24.7 Å². The summed E-state index contributed by atoms with van der Waals surface area (Å²) in [4.78, 5) is 12.8. The third-order valence-corrected chi connectivity index (χ3v) is 7.19. The fourth-order valence-electron chi connectivity index (χ4n) is 3.56. The Morgan fingerprint density at radius 2 is 1.78 bits per heavy atom. The number of ether oxygens (including phenoxy) is 1. The second kappa shape index (κ2) is 9.49. The van der Waals surface area contributed by atoms with Crippen LogP contribution in [0.5, 0.6) is 5.75 Å². The summed E-state index contributed by atoms with van der Waals surface area (Å²) >= 11 is 0. The van der Waals surface area contributed by atoms with E-state index >= 15 is 0 Å². The van der Waals surface area contributed by atoms with Gasteiger partial charge in [-0.05, 0) is 56.2 Å². The second-order valence-electron chi connectivity index (χ2n) is 7.35. The minimum atomic E-state index is -3.62. The molecule has 0 bridgehead atoms. The Hall–Kier alpha value is -3.24. The topological polar surface area (TPSA) is 115 Å². The predicted molar refractivity (Wildman–Crippen MR) is 117 cm³/mol. The van der Waals surface area contributed by atoms with Crippen LogP contribution in [-0.2, 0) is 14.8 Å². The number of piperidine rings is 1. The summed E-state index contributed by atoms with van der Waals surface area (Å²) in [5.41, 5.74) is 0.758. The number of nitrogens with one attached hydrogen (secondary N) is 1. The Bertz CT molecular complexity index is 1150. The van der Waals surface area contributed by atoms with Crippen LogP contribution >= 0.6 is 0 Å². The fourth-order valence-corrected chi connectivity index (χ4v) is 5.03. The van der Waals surface area contributed by atoms with E-state index in [4.69, 9.17) is 9.15 Å². The van der Waals surface area contributed by atoms with Crippen LogP contribution in [0.3, 0.4) is 0 Å². The van der Waals surface area contributed by atoms with Crippen LogP contribution in [-0.4, -0.2) is 48.5 Å².